The summed E-state index contributed by atoms with van der Waals surface area (Å²) >= 11 is 0. The van der Waals surface area contributed by atoms with Crippen LogP contribution in [0.4, 0.5) is 13.2 Å². The van der Waals surface area contributed by atoms with Crippen molar-refractivity contribution in [3.8, 4) is 6.07 Å². The fraction of sp³-hybridized carbons (Fsp3) is 0.438. The van der Waals surface area contributed by atoms with Gasteiger partial charge in [0.15, 0.2) is 0 Å². The van der Waals surface area contributed by atoms with Crippen LogP contribution in [0.5, 0.6) is 0 Å². The van der Waals surface area contributed by atoms with E-state index in [1.165, 1.54) is 12.1 Å². The first kappa shape index (κ1) is 19.9. The van der Waals surface area contributed by atoms with Crippen LogP contribution in [0.3, 0.4) is 0 Å². The van der Waals surface area contributed by atoms with Crippen molar-refractivity contribution in [1.29, 1.82) is 5.26 Å². The molecular weight excluding hydrogens is 371 g/mol. The fourth-order valence-corrected chi connectivity index (χ4v) is 2.99. The summed E-state index contributed by atoms with van der Waals surface area (Å²) < 4.78 is 57.1. The van der Waals surface area contributed by atoms with Gasteiger partial charge in [-0.3, -0.25) is 4.79 Å². The molecule has 0 bridgehead atoms. The molecule has 3 rings (SSSR count). The van der Waals surface area contributed by atoms with Crippen molar-refractivity contribution >= 4 is 21.1 Å². The third-order valence-electron chi connectivity index (χ3n) is 3.95. The quantitative estimate of drug-likeness (QED) is 0.745. The maximum absolute atomic E-state index is 11.8. The van der Waals surface area contributed by atoms with Gasteiger partial charge in [-0.2, -0.15) is 26.9 Å². The van der Waals surface area contributed by atoms with E-state index in [0.717, 1.165) is 12.1 Å². The number of carbonyl (C=O) groups is 1. The Morgan fingerprint density at radius 1 is 1.27 bits per heavy atom. The lowest BCUT2D eigenvalue weighted by Crippen LogP contribution is -2.48. The molecule has 2 aliphatic rings. The van der Waals surface area contributed by atoms with Gasteiger partial charge in [0.2, 0.25) is 16.2 Å². The molecule has 1 aromatic carbocycles. The number of nitriles is 1. The second-order valence-electron chi connectivity index (χ2n) is 5.89. The number of alkyl halides is 3. The molecule has 1 aliphatic heterocycles. The molecule has 0 spiro atoms. The number of carbonyl (C=O) groups excluding carboxylic acids is 1. The van der Waals surface area contributed by atoms with Crippen molar-refractivity contribution in [2.75, 3.05) is 6.54 Å². The summed E-state index contributed by atoms with van der Waals surface area (Å²) in [5, 5.41) is 14.2. The minimum Gasteiger partial charge on any atom is -0.336 e. The number of nitrogens with zero attached hydrogens (tertiary/aromatic N) is 1. The molecule has 0 aromatic heterocycles. The third kappa shape index (κ3) is 5.06. The van der Waals surface area contributed by atoms with E-state index in [0.29, 0.717) is 25.8 Å². The van der Waals surface area contributed by atoms with Gasteiger partial charge in [-0.25, -0.2) is 0 Å². The van der Waals surface area contributed by atoms with Crippen LogP contribution < -0.4 is 10.6 Å². The van der Waals surface area contributed by atoms with Gasteiger partial charge < -0.3 is 10.6 Å². The van der Waals surface area contributed by atoms with E-state index in [4.69, 9.17) is 5.26 Å². The van der Waals surface area contributed by atoms with Crippen molar-refractivity contribution in [2.24, 2.45) is 0 Å². The van der Waals surface area contributed by atoms with E-state index in [1.807, 2.05) is 6.07 Å². The monoisotopic (exact) mass is 387 g/mol. The minimum absolute atomic E-state index is 0.172. The first-order chi connectivity index (χ1) is 12.2. The molecule has 140 valence electrons. The fourth-order valence-electron chi connectivity index (χ4n) is 2.34. The molecule has 26 heavy (non-hydrogen) atoms. The Bertz CT molecular complexity index is 833. The van der Waals surface area contributed by atoms with Crippen LogP contribution in [0.2, 0.25) is 0 Å². The molecule has 1 aliphatic carbocycles. The largest absolute Gasteiger partial charge is 0.416 e. The highest BCUT2D eigenvalue weighted by molar-refractivity contribution is 7.73. The van der Waals surface area contributed by atoms with Crippen LogP contribution in [0.25, 0.3) is 0 Å². The zero-order valence-corrected chi connectivity index (χ0v) is 14.3. The summed E-state index contributed by atoms with van der Waals surface area (Å²) in [4.78, 5) is 11.9. The second-order valence-corrected chi connectivity index (χ2v) is 6.88. The molecule has 10 heteroatoms. The van der Waals surface area contributed by atoms with Crippen LogP contribution in [0.1, 0.15) is 24.8 Å². The standard InChI is InChI=1S/C9H11N3O3S.C7H5F3/c10-5-9(2-3-9)12-8(13)7-6(16(14)15)1-4-11-7;8-7(9,10)6-4-2-1-3-5-6/h7,11H,1-4H2,(H,12,13);1-5H. The number of benzene rings is 1. The maximum atomic E-state index is 11.8. The van der Waals surface area contributed by atoms with Crippen LogP contribution in [-0.2, 0) is 21.3 Å². The van der Waals surface area contributed by atoms with Gasteiger partial charge in [0.1, 0.15) is 11.6 Å². The SMILES string of the molecule is FC(F)(F)c1ccccc1.N#CC1(NC(=O)C2NCCC2=S(=O)=O)CC1. The Morgan fingerprint density at radius 2 is 1.88 bits per heavy atom. The first-order valence-corrected chi connectivity index (χ1v) is 8.80. The number of rotatable bonds is 2. The van der Waals surface area contributed by atoms with Gasteiger partial charge in [-0.05, 0) is 19.3 Å². The van der Waals surface area contributed by atoms with E-state index in [1.54, 1.807) is 6.07 Å². The number of nitrogens with one attached hydrogen (secondary N) is 2. The molecule has 1 unspecified atom stereocenters. The predicted octanol–water partition coefficient (Wildman–Crippen LogP) is 1.28. The highest BCUT2D eigenvalue weighted by Crippen LogP contribution is 2.34. The number of amides is 1. The molecular formula is C16H16F3N3O3S. The van der Waals surface area contributed by atoms with Gasteiger partial charge in [0.25, 0.3) is 0 Å². The molecule has 6 nitrogen and oxygen atoms in total. The van der Waals surface area contributed by atoms with E-state index in [9.17, 15) is 26.4 Å². The molecule has 1 atom stereocenters. The average Bonchev–Trinajstić information content (AvgIpc) is 3.18. The molecule has 2 N–H and O–H groups in total. The number of halogens is 3. The van der Waals surface area contributed by atoms with E-state index >= 15 is 0 Å². The molecule has 1 aromatic rings. The van der Waals surface area contributed by atoms with E-state index in [-0.39, 0.29) is 4.86 Å². The molecule has 0 radical (unpaired) electrons. The smallest absolute Gasteiger partial charge is 0.336 e. The molecule has 1 amide bonds. The van der Waals surface area contributed by atoms with Crippen LogP contribution in [-0.4, -0.2) is 37.3 Å². The summed E-state index contributed by atoms with van der Waals surface area (Å²) in [5.41, 5.74) is -1.35. The summed E-state index contributed by atoms with van der Waals surface area (Å²) in [7, 11) is -2.34. The Hall–Kier alpha value is -2.38. The normalized spacial score (nSPS) is 20.4. The highest BCUT2D eigenvalue weighted by Gasteiger charge is 2.46. The van der Waals surface area contributed by atoms with Crippen LogP contribution >= 0.6 is 0 Å². The average molecular weight is 387 g/mol. The second kappa shape index (κ2) is 7.88. The topological polar surface area (TPSA) is 99.1 Å². The summed E-state index contributed by atoms with van der Waals surface area (Å²) in [6.45, 7) is 0.473. The van der Waals surface area contributed by atoms with Crippen molar-refractivity contribution in [3.05, 3.63) is 35.9 Å². The first-order valence-electron chi connectivity index (χ1n) is 7.72. The maximum Gasteiger partial charge on any atom is 0.416 e. The molecule has 1 heterocycles. The minimum atomic E-state index is -4.21. The number of hydrogen-bond donors (Lipinski definition) is 2. The lowest BCUT2D eigenvalue weighted by Gasteiger charge is -2.13. The van der Waals surface area contributed by atoms with Gasteiger partial charge in [-0.15, -0.1) is 0 Å². The van der Waals surface area contributed by atoms with Gasteiger partial charge >= 0.3 is 6.18 Å². The van der Waals surface area contributed by atoms with Gasteiger partial charge in [0, 0.05) is 6.54 Å². The molecule has 2 fully saturated rings. The Labute approximate surface area is 149 Å². The number of hydrogen-bond acceptors (Lipinski definition) is 5. The van der Waals surface area contributed by atoms with E-state index < -0.39 is 39.5 Å². The Morgan fingerprint density at radius 3 is 2.31 bits per heavy atom. The van der Waals surface area contributed by atoms with Gasteiger partial charge in [0.05, 0.1) is 16.5 Å². The summed E-state index contributed by atoms with van der Waals surface area (Å²) in [6.07, 6.45) is -2.58. The van der Waals surface area contributed by atoms with Crippen LogP contribution in [0.15, 0.2) is 30.3 Å². The summed E-state index contributed by atoms with van der Waals surface area (Å²) in [5.74, 6) is -0.421. The highest BCUT2D eigenvalue weighted by atomic mass is 32.2. The third-order valence-corrected chi connectivity index (χ3v) is 4.81. The van der Waals surface area contributed by atoms with Crippen molar-refractivity contribution in [2.45, 2.75) is 37.0 Å². The molecule has 1 saturated heterocycles. The van der Waals surface area contributed by atoms with E-state index in [2.05, 4.69) is 10.6 Å². The van der Waals surface area contributed by atoms with Crippen molar-refractivity contribution in [1.82, 2.24) is 10.6 Å². The lowest BCUT2D eigenvalue weighted by molar-refractivity contribution is -0.137. The zero-order chi connectivity index (χ0) is 19.4. The molecule has 1 saturated carbocycles. The zero-order valence-electron chi connectivity index (χ0n) is 13.5. The lowest BCUT2D eigenvalue weighted by atomic mass is 10.2. The van der Waals surface area contributed by atoms with Crippen LogP contribution in [0, 0.1) is 11.3 Å². The van der Waals surface area contributed by atoms with Crippen molar-refractivity contribution < 1.29 is 26.4 Å². The summed E-state index contributed by atoms with van der Waals surface area (Å²) in [6, 6.07) is 7.59. The Kier molecular flexibility index (Phi) is 6.05. The van der Waals surface area contributed by atoms with Crippen molar-refractivity contribution in [3.63, 3.8) is 0 Å². The Balaban J connectivity index is 0.000000209. The van der Waals surface area contributed by atoms with Gasteiger partial charge in [-0.1, -0.05) is 30.3 Å². The predicted molar refractivity (Wildman–Crippen MR) is 87.5 cm³/mol.